The van der Waals surface area contributed by atoms with Crippen molar-refractivity contribution in [2.45, 2.75) is 45.4 Å². The summed E-state index contributed by atoms with van der Waals surface area (Å²) in [6, 6.07) is 8.19. The summed E-state index contributed by atoms with van der Waals surface area (Å²) in [7, 11) is 0. The Morgan fingerprint density at radius 3 is 1.80 bits per heavy atom. The number of rotatable bonds is 2. The molecule has 0 saturated carbocycles. The van der Waals surface area contributed by atoms with Crippen LogP contribution in [0.25, 0.3) is 0 Å². The highest BCUT2D eigenvalue weighted by Gasteiger charge is 2.27. The van der Waals surface area contributed by atoms with E-state index in [-0.39, 0.29) is 5.41 Å². The molecule has 0 unspecified atom stereocenters. The molecule has 82 valence electrons. The maximum Gasteiger partial charge on any atom is 0.129 e. The van der Waals surface area contributed by atoms with Crippen LogP contribution in [0.5, 0.6) is 0 Å². The van der Waals surface area contributed by atoms with Crippen LogP contribution >= 0.6 is 0 Å². The molecule has 0 aliphatic rings. The highest BCUT2D eigenvalue weighted by Crippen LogP contribution is 2.32. The maximum atomic E-state index is 11.1. The summed E-state index contributed by atoms with van der Waals surface area (Å²) >= 11 is 0. The van der Waals surface area contributed by atoms with E-state index >= 15 is 0 Å². The summed E-state index contributed by atoms with van der Waals surface area (Å²) in [4.78, 5) is 11.1. The Labute approximate surface area is 92.5 Å². The Morgan fingerprint density at radius 2 is 1.40 bits per heavy atom. The van der Waals surface area contributed by atoms with Gasteiger partial charge in [0.1, 0.15) is 6.29 Å². The molecule has 1 nitrogen and oxygen atoms in total. The van der Waals surface area contributed by atoms with E-state index in [2.05, 4.69) is 32.9 Å². The Balaban J connectivity index is 3.37. The Kier molecular flexibility index (Phi) is 3.03. The molecule has 0 heterocycles. The normalized spacial score (nSPS) is 12.6. The Hall–Kier alpha value is -1.11. The van der Waals surface area contributed by atoms with E-state index in [4.69, 9.17) is 0 Å². The molecule has 1 aromatic rings. The van der Waals surface area contributed by atoms with Gasteiger partial charge in [0.15, 0.2) is 0 Å². The smallest absolute Gasteiger partial charge is 0.129 e. The molecule has 0 fully saturated rings. The van der Waals surface area contributed by atoms with Crippen LogP contribution in [-0.2, 0) is 15.6 Å². The predicted molar refractivity (Wildman–Crippen MR) is 64.2 cm³/mol. The molecule has 0 spiro atoms. The van der Waals surface area contributed by atoms with Crippen molar-refractivity contribution < 1.29 is 4.79 Å². The van der Waals surface area contributed by atoms with Crippen molar-refractivity contribution in [3.05, 3.63) is 35.4 Å². The summed E-state index contributed by atoms with van der Waals surface area (Å²) in [5.41, 5.74) is 2.07. The quantitative estimate of drug-likeness (QED) is 0.674. The van der Waals surface area contributed by atoms with E-state index in [1.165, 1.54) is 5.56 Å². The van der Waals surface area contributed by atoms with Crippen molar-refractivity contribution in [1.29, 1.82) is 0 Å². The number of benzene rings is 1. The molecule has 15 heavy (non-hydrogen) atoms. The zero-order valence-corrected chi connectivity index (χ0v) is 10.3. The van der Waals surface area contributed by atoms with Crippen LogP contribution < -0.4 is 0 Å². The molecule has 0 aliphatic carbocycles. The third-order valence-corrected chi connectivity index (χ3v) is 2.72. The number of hydrogen-bond acceptors (Lipinski definition) is 1. The first-order valence-electron chi connectivity index (χ1n) is 5.35. The van der Waals surface area contributed by atoms with Crippen LogP contribution in [0, 0.1) is 0 Å². The molecule has 0 saturated heterocycles. The molecule has 0 N–H and O–H groups in total. The topological polar surface area (TPSA) is 17.1 Å². The first kappa shape index (κ1) is 12.0. The lowest BCUT2D eigenvalue weighted by atomic mass is 9.75. The molecule has 1 rings (SSSR count). The maximum absolute atomic E-state index is 11.1. The minimum atomic E-state index is -0.399. The molecule has 0 aliphatic heterocycles. The second-order valence-electron chi connectivity index (χ2n) is 5.64. The second-order valence-corrected chi connectivity index (χ2v) is 5.64. The molecule has 1 aromatic carbocycles. The van der Waals surface area contributed by atoms with Gasteiger partial charge in [-0.2, -0.15) is 0 Å². The van der Waals surface area contributed by atoms with E-state index in [1.54, 1.807) is 0 Å². The van der Waals surface area contributed by atoms with Gasteiger partial charge in [0, 0.05) is 5.41 Å². The molecule has 0 radical (unpaired) electrons. The largest absolute Gasteiger partial charge is 0.302 e. The molecule has 0 atom stereocenters. The summed E-state index contributed by atoms with van der Waals surface area (Å²) in [5.74, 6) is 0. The number of carbonyl (C=O) groups excluding carboxylic acids is 1. The highest BCUT2D eigenvalue weighted by molar-refractivity contribution is 5.68. The summed E-state index contributed by atoms with van der Waals surface area (Å²) in [6.07, 6.45) is 1.03. The van der Waals surface area contributed by atoms with Crippen molar-refractivity contribution in [3.8, 4) is 0 Å². The van der Waals surface area contributed by atoms with Crippen LogP contribution in [0.1, 0.15) is 45.7 Å². The SMILES string of the molecule is CC(C)(C)c1ccccc1C(C)(C)C=O. The van der Waals surface area contributed by atoms with Gasteiger partial charge in [0.05, 0.1) is 0 Å². The minimum absolute atomic E-state index is 0.0802. The Morgan fingerprint density at radius 1 is 0.933 bits per heavy atom. The second kappa shape index (κ2) is 3.80. The van der Waals surface area contributed by atoms with Crippen LogP contribution in [0.4, 0.5) is 0 Å². The highest BCUT2D eigenvalue weighted by atomic mass is 16.1. The molecule has 0 aromatic heterocycles. The van der Waals surface area contributed by atoms with Gasteiger partial charge in [0.2, 0.25) is 0 Å². The van der Waals surface area contributed by atoms with E-state index < -0.39 is 5.41 Å². The van der Waals surface area contributed by atoms with Crippen molar-refractivity contribution in [2.75, 3.05) is 0 Å². The van der Waals surface area contributed by atoms with Gasteiger partial charge in [-0.05, 0) is 30.4 Å². The zero-order chi connectivity index (χ0) is 11.7. The minimum Gasteiger partial charge on any atom is -0.302 e. The first-order chi connectivity index (χ1) is 6.79. The Bertz CT molecular complexity index is 356. The third-order valence-electron chi connectivity index (χ3n) is 2.72. The van der Waals surface area contributed by atoms with Gasteiger partial charge in [-0.3, -0.25) is 0 Å². The molecule has 0 amide bonds. The predicted octanol–water partition coefficient (Wildman–Crippen LogP) is 3.46. The van der Waals surface area contributed by atoms with Gasteiger partial charge in [-0.15, -0.1) is 0 Å². The average Bonchev–Trinajstić information content (AvgIpc) is 2.16. The van der Waals surface area contributed by atoms with E-state index in [0.29, 0.717) is 0 Å². The van der Waals surface area contributed by atoms with Gasteiger partial charge in [-0.25, -0.2) is 0 Å². The van der Waals surface area contributed by atoms with Crippen LogP contribution in [-0.4, -0.2) is 6.29 Å². The summed E-state index contributed by atoms with van der Waals surface area (Å²) < 4.78 is 0. The van der Waals surface area contributed by atoms with E-state index in [1.807, 2.05) is 26.0 Å². The van der Waals surface area contributed by atoms with Gasteiger partial charge in [-0.1, -0.05) is 45.0 Å². The molecular formula is C14H20O. The lowest BCUT2D eigenvalue weighted by molar-refractivity contribution is -0.111. The molecule has 0 bridgehead atoms. The van der Waals surface area contributed by atoms with Crippen LogP contribution in [0.2, 0.25) is 0 Å². The summed E-state index contributed by atoms with van der Waals surface area (Å²) in [6.45, 7) is 10.4. The van der Waals surface area contributed by atoms with Crippen molar-refractivity contribution >= 4 is 6.29 Å². The van der Waals surface area contributed by atoms with Crippen molar-refractivity contribution in [3.63, 3.8) is 0 Å². The van der Waals surface area contributed by atoms with Gasteiger partial charge in [0.25, 0.3) is 0 Å². The average molecular weight is 204 g/mol. The van der Waals surface area contributed by atoms with Gasteiger partial charge < -0.3 is 4.79 Å². The van der Waals surface area contributed by atoms with Gasteiger partial charge >= 0.3 is 0 Å². The van der Waals surface area contributed by atoms with E-state index in [9.17, 15) is 4.79 Å². The van der Waals surface area contributed by atoms with Crippen LogP contribution in [0.3, 0.4) is 0 Å². The van der Waals surface area contributed by atoms with Crippen molar-refractivity contribution in [1.82, 2.24) is 0 Å². The fourth-order valence-corrected chi connectivity index (χ4v) is 1.76. The number of aldehydes is 1. The van der Waals surface area contributed by atoms with Crippen molar-refractivity contribution in [2.24, 2.45) is 0 Å². The first-order valence-corrected chi connectivity index (χ1v) is 5.35. The molecular weight excluding hydrogens is 184 g/mol. The lowest BCUT2D eigenvalue weighted by Crippen LogP contribution is -2.25. The molecule has 1 heteroatoms. The van der Waals surface area contributed by atoms with E-state index in [0.717, 1.165) is 11.8 Å². The van der Waals surface area contributed by atoms with Crippen LogP contribution in [0.15, 0.2) is 24.3 Å². The number of hydrogen-bond donors (Lipinski definition) is 0. The zero-order valence-electron chi connectivity index (χ0n) is 10.3. The lowest BCUT2D eigenvalue weighted by Gasteiger charge is -2.28. The standard InChI is InChI=1S/C14H20O/c1-13(2,3)11-8-6-7-9-12(11)14(4,5)10-15/h6-10H,1-5H3. The fourth-order valence-electron chi connectivity index (χ4n) is 1.76. The third kappa shape index (κ3) is 2.47. The summed E-state index contributed by atoms with van der Waals surface area (Å²) in [5, 5.41) is 0. The monoisotopic (exact) mass is 204 g/mol. The number of carbonyl (C=O) groups is 1. The fraction of sp³-hybridized carbons (Fsp3) is 0.500.